The van der Waals surface area contributed by atoms with Crippen LogP contribution >= 0.6 is 23.4 Å². The summed E-state index contributed by atoms with van der Waals surface area (Å²) in [5.74, 6) is 1.69. The maximum atomic E-state index is 13.4. The summed E-state index contributed by atoms with van der Waals surface area (Å²) >= 11 is 7.77. The summed E-state index contributed by atoms with van der Waals surface area (Å²) in [5, 5.41) is 1.79. The van der Waals surface area contributed by atoms with Crippen LogP contribution < -0.4 is 5.56 Å². The van der Waals surface area contributed by atoms with E-state index in [1.807, 2.05) is 35.2 Å². The van der Waals surface area contributed by atoms with Crippen molar-refractivity contribution in [3.63, 3.8) is 0 Å². The molecule has 3 aromatic carbocycles. The number of hydrogen-bond donors (Lipinski definition) is 0. The summed E-state index contributed by atoms with van der Waals surface area (Å²) in [6, 6.07) is 25.3. The van der Waals surface area contributed by atoms with Crippen molar-refractivity contribution >= 4 is 40.2 Å². The Labute approximate surface area is 232 Å². The fourth-order valence-electron chi connectivity index (χ4n) is 5.09. The summed E-state index contributed by atoms with van der Waals surface area (Å²) in [6.07, 6.45) is 5.51. The van der Waals surface area contributed by atoms with Crippen molar-refractivity contribution in [3.05, 3.63) is 99.8 Å². The molecule has 196 valence electrons. The number of unbranched alkanes of at least 4 members (excludes halogenated alkanes) is 1. The first-order valence-electron chi connectivity index (χ1n) is 13.3. The Morgan fingerprint density at radius 1 is 0.947 bits per heavy atom. The van der Waals surface area contributed by atoms with Crippen LogP contribution in [0.5, 0.6) is 0 Å². The van der Waals surface area contributed by atoms with E-state index in [1.54, 1.807) is 34.5 Å². The fourth-order valence-corrected chi connectivity index (χ4v) is 6.28. The molecule has 1 aliphatic rings. The second-order valence-corrected chi connectivity index (χ2v) is 11.3. The molecule has 5 rings (SSSR count). The average Bonchev–Trinajstić information content (AvgIpc) is 2.94. The van der Waals surface area contributed by atoms with E-state index >= 15 is 0 Å². The van der Waals surface area contributed by atoms with Gasteiger partial charge in [0.25, 0.3) is 5.56 Å². The van der Waals surface area contributed by atoms with Gasteiger partial charge in [-0.1, -0.05) is 71.9 Å². The molecule has 1 amide bonds. The first-order valence-corrected chi connectivity index (χ1v) is 14.7. The van der Waals surface area contributed by atoms with Crippen LogP contribution in [0.2, 0.25) is 5.02 Å². The van der Waals surface area contributed by atoms with Gasteiger partial charge in [-0.25, -0.2) is 4.98 Å². The Hall–Kier alpha value is -3.09. The normalized spacial score (nSPS) is 14.2. The number of likely N-dealkylation sites (tertiary alicyclic amines) is 1. The standard InChI is InChI=1S/C31H32ClN3O2S/c32-25-11-8-12-26(22-25)35-30(37)27-13-4-5-14-28(27)33-31(35)38-20-7-6-15-29(36)34-18-16-24(17-19-34)21-23-9-2-1-3-10-23/h1-5,8-14,22,24H,6-7,15-21H2. The van der Waals surface area contributed by atoms with Gasteiger partial charge in [0.1, 0.15) is 0 Å². The van der Waals surface area contributed by atoms with Crippen molar-refractivity contribution < 1.29 is 4.79 Å². The molecular formula is C31H32ClN3O2S. The van der Waals surface area contributed by atoms with Crippen molar-refractivity contribution in [2.45, 2.75) is 43.7 Å². The van der Waals surface area contributed by atoms with Gasteiger partial charge >= 0.3 is 0 Å². The highest BCUT2D eigenvalue weighted by Crippen LogP contribution is 2.25. The fraction of sp³-hybridized carbons (Fsp3) is 0.323. The molecule has 0 radical (unpaired) electrons. The van der Waals surface area contributed by atoms with E-state index in [4.69, 9.17) is 16.6 Å². The number of carbonyl (C=O) groups excluding carboxylic acids is 1. The molecule has 4 aromatic rings. The quantitative estimate of drug-likeness (QED) is 0.132. The number of para-hydroxylation sites is 1. The Morgan fingerprint density at radius 2 is 1.71 bits per heavy atom. The number of aromatic nitrogens is 2. The summed E-state index contributed by atoms with van der Waals surface area (Å²) in [4.78, 5) is 33.0. The highest BCUT2D eigenvalue weighted by Gasteiger charge is 2.22. The third-order valence-corrected chi connectivity index (χ3v) is 8.42. The minimum atomic E-state index is -0.105. The molecular weight excluding hydrogens is 514 g/mol. The van der Waals surface area contributed by atoms with Crippen molar-refractivity contribution in [2.24, 2.45) is 5.92 Å². The van der Waals surface area contributed by atoms with Gasteiger partial charge in [0, 0.05) is 30.3 Å². The molecule has 0 aliphatic carbocycles. The third-order valence-electron chi connectivity index (χ3n) is 7.16. The molecule has 2 heterocycles. The number of piperidine rings is 1. The molecule has 0 spiro atoms. The molecule has 0 atom stereocenters. The Kier molecular flexibility index (Phi) is 8.82. The Bertz CT molecular complexity index is 1450. The van der Waals surface area contributed by atoms with Gasteiger partial charge in [0.2, 0.25) is 5.91 Å². The lowest BCUT2D eigenvalue weighted by Crippen LogP contribution is -2.38. The predicted octanol–water partition coefficient (Wildman–Crippen LogP) is 6.78. The largest absolute Gasteiger partial charge is 0.343 e. The van der Waals surface area contributed by atoms with E-state index in [2.05, 4.69) is 30.3 Å². The Balaban J connectivity index is 1.14. The third kappa shape index (κ3) is 6.48. The molecule has 0 N–H and O–H groups in total. The Morgan fingerprint density at radius 3 is 2.50 bits per heavy atom. The lowest BCUT2D eigenvalue weighted by Gasteiger charge is -2.32. The van der Waals surface area contributed by atoms with E-state index in [0.717, 1.165) is 50.9 Å². The van der Waals surface area contributed by atoms with E-state index < -0.39 is 0 Å². The van der Waals surface area contributed by atoms with E-state index in [9.17, 15) is 9.59 Å². The summed E-state index contributed by atoms with van der Waals surface area (Å²) in [6.45, 7) is 1.72. The van der Waals surface area contributed by atoms with E-state index in [-0.39, 0.29) is 11.5 Å². The maximum absolute atomic E-state index is 13.4. The number of rotatable bonds is 9. The highest BCUT2D eigenvalue weighted by molar-refractivity contribution is 7.99. The molecule has 0 saturated carbocycles. The molecule has 1 saturated heterocycles. The topological polar surface area (TPSA) is 55.2 Å². The molecule has 5 nitrogen and oxygen atoms in total. The minimum absolute atomic E-state index is 0.105. The van der Waals surface area contributed by atoms with Crippen LogP contribution in [-0.4, -0.2) is 39.2 Å². The van der Waals surface area contributed by atoms with E-state index in [0.29, 0.717) is 39.1 Å². The predicted molar refractivity (Wildman–Crippen MR) is 156 cm³/mol. The monoisotopic (exact) mass is 545 g/mol. The molecule has 7 heteroatoms. The number of amides is 1. The van der Waals surface area contributed by atoms with Gasteiger partial charge in [0.05, 0.1) is 16.6 Å². The van der Waals surface area contributed by atoms with E-state index in [1.165, 1.54) is 5.56 Å². The van der Waals surface area contributed by atoms with Gasteiger partial charge < -0.3 is 4.90 Å². The zero-order chi connectivity index (χ0) is 26.3. The molecule has 1 aromatic heterocycles. The van der Waals surface area contributed by atoms with Crippen LogP contribution in [0.1, 0.15) is 37.7 Å². The van der Waals surface area contributed by atoms with Gasteiger partial charge in [-0.05, 0) is 73.9 Å². The van der Waals surface area contributed by atoms with Crippen molar-refractivity contribution in [2.75, 3.05) is 18.8 Å². The van der Waals surface area contributed by atoms with Gasteiger partial charge in [-0.2, -0.15) is 0 Å². The zero-order valence-corrected chi connectivity index (χ0v) is 23.0. The van der Waals surface area contributed by atoms with Crippen LogP contribution in [-0.2, 0) is 11.2 Å². The van der Waals surface area contributed by atoms with Crippen LogP contribution in [0.3, 0.4) is 0 Å². The van der Waals surface area contributed by atoms with Crippen LogP contribution in [0, 0.1) is 5.92 Å². The highest BCUT2D eigenvalue weighted by atomic mass is 35.5. The molecule has 0 unspecified atom stereocenters. The van der Waals surface area contributed by atoms with Gasteiger partial charge in [-0.3, -0.25) is 14.2 Å². The number of fused-ring (bicyclic) bond motifs is 1. The second-order valence-electron chi connectivity index (χ2n) is 9.85. The maximum Gasteiger partial charge on any atom is 0.266 e. The first kappa shape index (κ1) is 26.5. The van der Waals surface area contributed by atoms with Crippen LogP contribution in [0.25, 0.3) is 16.6 Å². The molecule has 0 bridgehead atoms. The molecule has 1 fully saturated rings. The summed E-state index contributed by atoms with van der Waals surface area (Å²) in [5.41, 5.74) is 2.67. The summed E-state index contributed by atoms with van der Waals surface area (Å²) < 4.78 is 1.64. The molecule has 1 aliphatic heterocycles. The zero-order valence-electron chi connectivity index (χ0n) is 21.4. The summed E-state index contributed by atoms with van der Waals surface area (Å²) in [7, 11) is 0. The number of nitrogens with zero attached hydrogens (tertiary/aromatic N) is 3. The van der Waals surface area contributed by atoms with Crippen molar-refractivity contribution in [1.82, 2.24) is 14.5 Å². The minimum Gasteiger partial charge on any atom is -0.343 e. The number of benzene rings is 3. The lowest BCUT2D eigenvalue weighted by atomic mass is 9.90. The van der Waals surface area contributed by atoms with Crippen molar-refractivity contribution in [1.29, 1.82) is 0 Å². The van der Waals surface area contributed by atoms with Gasteiger partial charge in [0.15, 0.2) is 5.16 Å². The number of hydrogen-bond acceptors (Lipinski definition) is 4. The van der Waals surface area contributed by atoms with Crippen LogP contribution in [0.15, 0.2) is 88.8 Å². The lowest BCUT2D eigenvalue weighted by molar-refractivity contribution is -0.132. The number of thioether (sulfide) groups is 1. The van der Waals surface area contributed by atoms with Crippen molar-refractivity contribution in [3.8, 4) is 5.69 Å². The second kappa shape index (κ2) is 12.6. The smallest absolute Gasteiger partial charge is 0.266 e. The first-order chi connectivity index (χ1) is 18.6. The number of carbonyl (C=O) groups is 1. The molecule has 38 heavy (non-hydrogen) atoms. The van der Waals surface area contributed by atoms with Crippen LogP contribution in [0.4, 0.5) is 0 Å². The van der Waals surface area contributed by atoms with Gasteiger partial charge in [-0.15, -0.1) is 0 Å². The average molecular weight is 546 g/mol. The number of halogens is 1. The SMILES string of the molecule is O=C(CCCCSc1nc2ccccc2c(=O)n1-c1cccc(Cl)c1)N1CCC(Cc2ccccc2)CC1.